The fourth-order valence-electron chi connectivity index (χ4n) is 7.63. The molecule has 6 aliphatic carbocycles. The molecule has 0 heteroatoms. The minimum Gasteiger partial charge on any atom is -0.0499 e. The number of fused-ring (bicyclic) bond motifs is 3. The maximum absolute atomic E-state index is 1.65. The third kappa shape index (κ3) is 1.21. The molecule has 0 saturated heterocycles. The highest BCUT2D eigenvalue weighted by molar-refractivity contribution is 5.08. The first kappa shape index (κ1) is 9.87. The zero-order valence-corrected chi connectivity index (χ0v) is 11.0. The van der Waals surface area contributed by atoms with E-state index in [9.17, 15) is 0 Å². The van der Waals surface area contributed by atoms with Gasteiger partial charge in [0.15, 0.2) is 0 Å². The molecule has 0 spiro atoms. The Morgan fingerprint density at radius 1 is 0.647 bits per heavy atom. The van der Waals surface area contributed by atoms with Crippen molar-refractivity contribution in [2.45, 2.75) is 64.2 Å². The van der Waals surface area contributed by atoms with Crippen LogP contribution in [0, 0.1) is 40.9 Å². The zero-order valence-electron chi connectivity index (χ0n) is 11.0. The SMILES string of the molecule is C1CC2(C3C4CC5CC(C4)CC3C5)CCC1C2. The molecule has 6 fully saturated rings. The van der Waals surface area contributed by atoms with Gasteiger partial charge < -0.3 is 0 Å². The molecule has 6 rings (SSSR count). The van der Waals surface area contributed by atoms with E-state index in [0.29, 0.717) is 0 Å². The predicted octanol–water partition coefficient (Wildman–Crippen LogP) is 4.64. The normalized spacial score (nSPS) is 63.5. The summed E-state index contributed by atoms with van der Waals surface area (Å²) >= 11 is 0. The molecule has 6 aliphatic rings. The second-order valence-corrected chi connectivity index (χ2v) is 8.47. The van der Waals surface area contributed by atoms with Crippen molar-refractivity contribution in [3.05, 3.63) is 0 Å². The van der Waals surface area contributed by atoms with Crippen molar-refractivity contribution in [3.63, 3.8) is 0 Å². The molecule has 0 N–H and O–H groups in total. The van der Waals surface area contributed by atoms with Crippen LogP contribution in [0.1, 0.15) is 64.2 Å². The molecule has 0 unspecified atom stereocenters. The van der Waals surface area contributed by atoms with Gasteiger partial charge in [-0.1, -0.05) is 0 Å². The lowest BCUT2D eigenvalue weighted by Gasteiger charge is -2.59. The van der Waals surface area contributed by atoms with E-state index in [-0.39, 0.29) is 0 Å². The largest absolute Gasteiger partial charge is 0.0499 e. The van der Waals surface area contributed by atoms with Crippen LogP contribution >= 0.6 is 0 Å². The molecular formula is C17H26. The molecule has 0 aromatic carbocycles. The van der Waals surface area contributed by atoms with Crippen molar-refractivity contribution in [2.75, 3.05) is 0 Å². The molecule has 0 aromatic rings. The van der Waals surface area contributed by atoms with Crippen LogP contribution in [-0.4, -0.2) is 0 Å². The fraction of sp³-hybridized carbons (Fsp3) is 1.00. The third-order valence-corrected chi connectivity index (χ3v) is 7.73. The van der Waals surface area contributed by atoms with Crippen molar-refractivity contribution < 1.29 is 0 Å². The predicted molar refractivity (Wildman–Crippen MR) is 69.5 cm³/mol. The van der Waals surface area contributed by atoms with E-state index in [1.807, 2.05) is 0 Å². The van der Waals surface area contributed by atoms with Crippen molar-refractivity contribution in [2.24, 2.45) is 40.9 Å². The quantitative estimate of drug-likeness (QED) is 0.615. The lowest BCUT2D eigenvalue weighted by Crippen LogP contribution is -2.50. The Kier molecular flexibility index (Phi) is 1.81. The third-order valence-electron chi connectivity index (χ3n) is 7.73. The molecular weight excluding hydrogens is 204 g/mol. The van der Waals surface area contributed by atoms with Crippen LogP contribution in [0.5, 0.6) is 0 Å². The molecule has 94 valence electrons. The summed E-state index contributed by atoms with van der Waals surface area (Å²) in [7, 11) is 0. The molecule has 0 nitrogen and oxygen atoms in total. The molecule has 0 heterocycles. The average molecular weight is 230 g/mol. The minimum absolute atomic E-state index is 0.882. The Balaban J connectivity index is 1.51. The Hall–Kier alpha value is 0. The number of rotatable bonds is 1. The van der Waals surface area contributed by atoms with E-state index >= 15 is 0 Å². The number of hydrogen-bond acceptors (Lipinski definition) is 0. The van der Waals surface area contributed by atoms with Crippen LogP contribution in [0.3, 0.4) is 0 Å². The first-order valence-electron chi connectivity index (χ1n) is 8.32. The van der Waals surface area contributed by atoms with Crippen LogP contribution in [0.15, 0.2) is 0 Å². The standard InChI is InChI=1S/C17H26/c1-3-17(4-2-11(1)10-17)16-14-6-12-5-13(8-14)9-15(16)7-12/h11-16H,1-10H2. The molecule has 0 atom stereocenters. The van der Waals surface area contributed by atoms with Gasteiger partial charge in [0.25, 0.3) is 0 Å². The second-order valence-electron chi connectivity index (χ2n) is 8.47. The summed E-state index contributed by atoms with van der Waals surface area (Å²) in [6.45, 7) is 0. The van der Waals surface area contributed by atoms with Gasteiger partial charge in [0, 0.05) is 0 Å². The highest BCUT2D eigenvalue weighted by atomic mass is 14.6. The van der Waals surface area contributed by atoms with Gasteiger partial charge in [-0.2, -0.15) is 0 Å². The van der Waals surface area contributed by atoms with Crippen molar-refractivity contribution in [1.82, 2.24) is 0 Å². The summed E-state index contributed by atoms with van der Waals surface area (Å²) in [4.78, 5) is 0. The summed E-state index contributed by atoms with van der Waals surface area (Å²) in [6, 6.07) is 0. The van der Waals surface area contributed by atoms with Crippen LogP contribution in [0.2, 0.25) is 0 Å². The maximum Gasteiger partial charge on any atom is -0.0261 e. The van der Waals surface area contributed by atoms with Gasteiger partial charge >= 0.3 is 0 Å². The lowest BCUT2D eigenvalue weighted by molar-refractivity contribution is -0.0943. The maximum atomic E-state index is 1.65. The molecule has 0 amide bonds. The van der Waals surface area contributed by atoms with Crippen LogP contribution in [-0.2, 0) is 0 Å². The summed E-state index contributed by atoms with van der Waals surface area (Å²) in [5, 5.41) is 0. The summed E-state index contributed by atoms with van der Waals surface area (Å²) in [5.41, 5.74) is 0.882. The van der Waals surface area contributed by atoms with E-state index in [0.717, 1.165) is 11.3 Å². The minimum atomic E-state index is 0.882. The molecule has 0 aromatic heterocycles. The molecule has 17 heavy (non-hydrogen) atoms. The fourth-order valence-corrected chi connectivity index (χ4v) is 7.63. The van der Waals surface area contributed by atoms with Crippen molar-refractivity contribution >= 4 is 0 Å². The van der Waals surface area contributed by atoms with Crippen LogP contribution in [0.4, 0.5) is 0 Å². The molecule has 6 saturated carbocycles. The van der Waals surface area contributed by atoms with Gasteiger partial charge in [-0.3, -0.25) is 0 Å². The van der Waals surface area contributed by atoms with E-state index in [1.165, 1.54) is 29.6 Å². The highest BCUT2D eigenvalue weighted by Crippen LogP contribution is 2.68. The van der Waals surface area contributed by atoms with Gasteiger partial charge in [0.2, 0.25) is 0 Å². The molecule has 6 bridgehead atoms. The first-order chi connectivity index (χ1) is 8.32. The topological polar surface area (TPSA) is 0 Å². The van der Waals surface area contributed by atoms with Crippen molar-refractivity contribution in [1.29, 1.82) is 0 Å². The Morgan fingerprint density at radius 3 is 1.71 bits per heavy atom. The Labute approximate surface area is 106 Å². The summed E-state index contributed by atoms with van der Waals surface area (Å²) < 4.78 is 0. The average Bonchev–Trinajstić information content (AvgIpc) is 2.88. The van der Waals surface area contributed by atoms with Crippen molar-refractivity contribution in [3.8, 4) is 0 Å². The highest BCUT2D eigenvalue weighted by Gasteiger charge is 2.58. The van der Waals surface area contributed by atoms with Gasteiger partial charge in [-0.25, -0.2) is 0 Å². The van der Waals surface area contributed by atoms with Crippen LogP contribution < -0.4 is 0 Å². The monoisotopic (exact) mass is 230 g/mol. The van der Waals surface area contributed by atoms with Crippen LogP contribution in [0.25, 0.3) is 0 Å². The van der Waals surface area contributed by atoms with E-state index in [2.05, 4.69) is 0 Å². The Bertz CT molecular complexity index is 306. The smallest absolute Gasteiger partial charge is 0.0261 e. The van der Waals surface area contributed by atoms with Gasteiger partial charge in [0.05, 0.1) is 0 Å². The Morgan fingerprint density at radius 2 is 1.24 bits per heavy atom. The zero-order chi connectivity index (χ0) is 11.0. The van der Waals surface area contributed by atoms with E-state index in [1.54, 1.807) is 64.2 Å². The second kappa shape index (κ2) is 3.11. The number of hydrogen-bond donors (Lipinski definition) is 0. The van der Waals surface area contributed by atoms with E-state index in [4.69, 9.17) is 0 Å². The van der Waals surface area contributed by atoms with Gasteiger partial charge in [-0.15, -0.1) is 0 Å². The molecule has 0 radical (unpaired) electrons. The summed E-state index contributed by atoms with van der Waals surface area (Å²) in [5.74, 6) is 7.06. The van der Waals surface area contributed by atoms with Gasteiger partial charge in [0.1, 0.15) is 0 Å². The summed E-state index contributed by atoms with van der Waals surface area (Å²) in [6.07, 6.45) is 16.3. The first-order valence-corrected chi connectivity index (χ1v) is 8.32. The van der Waals surface area contributed by atoms with E-state index < -0.39 is 0 Å². The van der Waals surface area contributed by atoms with Gasteiger partial charge in [-0.05, 0) is 105 Å². The molecule has 0 aliphatic heterocycles. The lowest BCUT2D eigenvalue weighted by atomic mass is 9.46.